The maximum Gasteiger partial charge on any atom is 0.159 e. The van der Waals surface area contributed by atoms with Crippen LogP contribution in [-0.2, 0) is 6.42 Å². The van der Waals surface area contributed by atoms with Crippen LogP contribution in [0.25, 0.3) is 0 Å². The molecule has 0 saturated carbocycles. The van der Waals surface area contributed by atoms with Gasteiger partial charge in [0.2, 0.25) is 0 Å². The smallest absolute Gasteiger partial charge is 0.159 e. The van der Waals surface area contributed by atoms with Gasteiger partial charge < -0.3 is 0 Å². The number of nitrogens with one attached hydrogen (secondary N) is 1. The topological polar surface area (TPSA) is 35.8 Å². The summed E-state index contributed by atoms with van der Waals surface area (Å²) >= 11 is 0. The Morgan fingerprint density at radius 1 is 1.31 bits per heavy atom. The standard InChI is InChI=1S/C12H14F2N2/c1-12(2,8-15)16-6-5-9-3-4-10(13)11(14)7-9/h3-4,7,16H,5-6H2,1-2H3. The normalized spacial score (nSPS) is 11.2. The Kier molecular flexibility index (Phi) is 3.97. The molecule has 0 radical (unpaired) electrons. The fourth-order valence-electron chi connectivity index (χ4n) is 1.25. The van der Waals surface area contributed by atoms with E-state index in [1.165, 1.54) is 6.07 Å². The molecule has 1 aromatic carbocycles. The highest BCUT2D eigenvalue weighted by atomic mass is 19.2. The maximum atomic E-state index is 12.9. The van der Waals surface area contributed by atoms with Gasteiger partial charge in [0.1, 0.15) is 5.54 Å². The van der Waals surface area contributed by atoms with Crippen LogP contribution in [0.3, 0.4) is 0 Å². The third-order valence-electron chi connectivity index (χ3n) is 2.24. The summed E-state index contributed by atoms with van der Waals surface area (Å²) in [5.74, 6) is -1.67. The molecule has 4 heteroatoms. The SMILES string of the molecule is CC(C)(C#N)NCCc1ccc(F)c(F)c1. The van der Waals surface area contributed by atoms with Gasteiger partial charge in [-0.2, -0.15) is 5.26 Å². The second kappa shape index (κ2) is 5.04. The van der Waals surface area contributed by atoms with Gasteiger partial charge in [0.05, 0.1) is 6.07 Å². The van der Waals surface area contributed by atoms with E-state index < -0.39 is 17.2 Å². The summed E-state index contributed by atoms with van der Waals surface area (Å²) in [5.41, 5.74) is 0.110. The lowest BCUT2D eigenvalue weighted by Crippen LogP contribution is -2.38. The molecule has 0 spiro atoms. The molecule has 0 heterocycles. The van der Waals surface area contributed by atoms with Gasteiger partial charge in [-0.3, -0.25) is 5.32 Å². The summed E-state index contributed by atoms with van der Waals surface area (Å²) in [7, 11) is 0. The molecule has 0 amide bonds. The number of nitrogens with zero attached hydrogens (tertiary/aromatic N) is 1. The first-order chi connectivity index (χ1) is 7.44. The van der Waals surface area contributed by atoms with E-state index >= 15 is 0 Å². The predicted octanol–water partition coefficient (Wildman–Crippen LogP) is 2.40. The predicted molar refractivity (Wildman–Crippen MR) is 57.8 cm³/mol. The second-order valence-corrected chi connectivity index (χ2v) is 4.16. The summed E-state index contributed by atoms with van der Waals surface area (Å²) in [5, 5.41) is 11.8. The third-order valence-corrected chi connectivity index (χ3v) is 2.24. The van der Waals surface area contributed by atoms with Crippen molar-refractivity contribution in [1.29, 1.82) is 5.26 Å². The van der Waals surface area contributed by atoms with Crippen LogP contribution in [0.2, 0.25) is 0 Å². The molecule has 0 saturated heterocycles. The molecule has 0 bridgehead atoms. The molecule has 0 aromatic heterocycles. The minimum atomic E-state index is -0.839. The lowest BCUT2D eigenvalue weighted by atomic mass is 10.1. The van der Waals surface area contributed by atoms with E-state index in [2.05, 4.69) is 11.4 Å². The molecule has 86 valence electrons. The van der Waals surface area contributed by atoms with Gasteiger partial charge in [-0.1, -0.05) is 6.07 Å². The van der Waals surface area contributed by atoms with Crippen molar-refractivity contribution in [1.82, 2.24) is 5.32 Å². The Balaban J connectivity index is 2.50. The van der Waals surface area contributed by atoms with E-state index in [1.54, 1.807) is 19.9 Å². The largest absolute Gasteiger partial charge is 0.300 e. The molecule has 0 aliphatic rings. The fourth-order valence-corrected chi connectivity index (χ4v) is 1.25. The molecule has 16 heavy (non-hydrogen) atoms. The molecule has 0 aliphatic carbocycles. The number of halogens is 2. The van der Waals surface area contributed by atoms with E-state index in [9.17, 15) is 8.78 Å². The average molecular weight is 224 g/mol. The average Bonchev–Trinajstić information content (AvgIpc) is 2.23. The van der Waals surface area contributed by atoms with Gasteiger partial charge in [0.15, 0.2) is 11.6 Å². The molecular weight excluding hydrogens is 210 g/mol. The van der Waals surface area contributed by atoms with Crippen molar-refractivity contribution in [2.24, 2.45) is 0 Å². The number of rotatable bonds is 4. The monoisotopic (exact) mass is 224 g/mol. The number of hydrogen-bond acceptors (Lipinski definition) is 2. The van der Waals surface area contributed by atoms with Crippen LogP contribution >= 0.6 is 0 Å². The quantitative estimate of drug-likeness (QED) is 0.852. The number of nitriles is 1. The van der Waals surface area contributed by atoms with Crippen molar-refractivity contribution < 1.29 is 8.78 Å². The molecule has 1 aromatic rings. The van der Waals surface area contributed by atoms with Crippen LogP contribution in [-0.4, -0.2) is 12.1 Å². The minimum Gasteiger partial charge on any atom is -0.300 e. The lowest BCUT2D eigenvalue weighted by Gasteiger charge is -2.17. The Labute approximate surface area is 93.9 Å². The van der Waals surface area contributed by atoms with Gasteiger partial charge in [0.25, 0.3) is 0 Å². The van der Waals surface area contributed by atoms with Gasteiger partial charge in [-0.05, 0) is 38.0 Å². The van der Waals surface area contributed by atoms with Crippen LogP contribution in [0, 0.1) is 23.0 Å². The van der Waals surface area contributed by atoms with Gasteiger partial charge in [-0.15, -0.1) is 0 Å². The van der Waals surface area contributed by atoms with Crippen molar-refractivity contribution in [2.75, 3.05) is 6.54 Å². The third kappa shape index (κ3) is 3.59. The van der Waals surface area contributed by atoms with Crippen molar-refractivity contribution in [3.8, 4) is 6.07 Å². The Morgan fingerprint density at radius 3 is 2.56 bits per heavy atom. The molecule has 0 aliphatic heterocycles. The highest BCUT2D eigenvalue weighted by Crippen LogP contribution is 2.09. The summed E-state index contributed by atoms with van der Waals surface area (Å²) in [4.78, 5) is 0. The Hall–Kier alpha value is -1.47. The van der Waals surface area contributed by atoms with Crippen molar-refractivity contribution in [3.63, 3.8) is 0 Å². The molecule has 2 nitrogen and oxygen atoms in total. The summed E-state index contributed by atoms with van der Waals surface area (Å²) in [6.07, 6.45) is 0.558. The molecule has 0 atom stereocenters. The molecule has 0 unspecified atom stereocenters. The van der Waals surface area contributed by atoms with Gasteiger partial charge >= 0.3 is 0 Å². The first kappa shape index (κ1) is 12.6. The van der Waals surface area contributed by atoms with Gasteiger partial charge in [-0.25, -0.2) is 8.78 Å². The van der Waals surface area contributed by atoms with E-state index in [1.807, 2.05) is 0 Å². The van der Waals surface area contributed by atoms with Crippen molar-refractivity contribution >= 4 is 0 Å². The van der Waals surface area contributed by atoms with Crippen LogP contribution in [0.5, 0.6) is 0 Å². The van der Waals surface area contributed by atoms with E-state index in [4.69, 9.17) is 5.26 Å². The fraction of sp³-hybridized carbons (Fsp3) is 0.417. The second-order valence-electron chi connectivity index (χ2n) is 4.16. The van der Waals surface area contributed by atoms with Crippen molar-refractivity contribution in [3.05, 3.63) is 35.4 Å². The highest BCUT2D eigenvalue weighted by molar-refractivity contribution is 5.18. The minimum absolute atomic E-state index is 0.547. The van der Waals surface area contributed by atoms with E-state index in [-0.39, 0.29) is 0 Å². The molecular formula is C12H14F2N2. The van der Waals surface area contributed by atoms with Crippen molar-refractivity contribution in [2.45, 2.75) is 25.8 Å². The van der Waals surface area contributed by atoms with Crippen LogP contribution < -0.4 is 5.32 Å². The van der Waals surface area contributed by atoms with Crippen LogP contribution in [0.1, 0.15) is 19.4 Å². The maximum absolute atomic E-state index is 12.9. The lowest BCUT2D eigenvalue weighted by molar-refractivity contribution is 0.486. The molecule has 0 fully saturated rings. The summed E-state index contributed by atoms with van der Waals surface area (Å²) in [6.45, 7) is 4.07. The summed E-state index contributed by atoms with van der Waals surface area (Å²) < 4.78 is 25.5. The van der Waals surface area contributed by atoms with Gasteiger partial charge in [0, 0.05) is 6.54 Å². The molecule has 1 N–H and O–H groups in total. The number of hydrogen-bond donors (Lipinski definition) is 1. The Bertz CT molecular complexity index is 408. The van der Waals surface area contributed by atoms with E-state index in [0.717, 1.165) is 6.07 Å². The zero-order valence-electron chi connectivity index (χ0n) is 9.35. The van der Waals surface area contributed by atoms with E-state index in [0.29, 0.717) is 18.5 Å². The summed E-state index contributed by atoms with van der Waals surface area (Å²) in [6, 6.07) is 5.93. The first-order valence-electron chi connectivity index (χ1n) is 5.05. The van der Waals surface area contributed by atoms with Crippen LogP contribution in [0.4, 0.5) is 8.78 Å². The highest BCUT2D eigenvalue weighted by Gasteiger charge is 2.14. The number of benzene rings is 1. The van der Waals surface area contributed by atoms with Crippen LogP contribution in [0.15, 0.2) is 18.2 Å². The first-order valence-corrected chi connectivity index (χ1v) is 5.05. The zero-order valence-corrected chi connectivity index (χ0v) is 9.35. The molecule has 1 rings (SSSR count). The zero-order chi connectivity index (χ0) is 12.2. The Morgan fingerprint density at radius 2 is 2.00 bits per heavy atom.